The summed E-state index contributed by atoms with van der Waals surface area (Å²) in [5.74, 6) is 0.808. The van der Waals surface area contributed by atoms with Gasteiger partial charge in [0.2, 0.25) is 10.0 Å². The maximum atomic E-state index is 13.7. The average Bonchev–Trinajstić information content (AvgIpc) is 3.23. The van der Waals surface area contributed by atoms with Crippen molar-refractivity contribution in [2.24, 2.45) is 5.41 Å². The van der Waals surface area contributed by atoms with Gasteiger partial charge in [-0.15, -0.1) is 0 Å². The van der Waals surface area contributed by atoms with Crippen LogP contribution in [0.15, 0.2) is 75.8 Å². The summed E-state index contributed by atoms with van der Waals surface area (Å²) in [4.78, 5) is 0.360. The Morgan fingerprint density at radius 3 is 2.48 bits per heavy atom. The van der Waals surface area contributed by atoms with Crippen molar-refractivity contribution in [3.8, 4) is 0 Å². The molecular weight excluding hydrogens is 432 g/mol. The predicted octanol–water partition coefficient (Wildman–Crippen LogP) is 5.24. The molecule has 2 aromatic carbocycles. The van der Waals surface area contributed by atoms with Gasteiger partial charge in [-0.1, -0.05) is 74.0 Å². The summed E-state index contributed by atoms with van der Waals surface area (Å²) in [7, 11) is -3.60. The fourth-order valence-corrected chi connectivity index (χ4v) is 6.69. The van der Waals surface area contributed by atoms with Gasteiger partial charge in [0.1, 0.15) is 0 Å². The highest BCUT2D eigenvalue weighted by Gasteiger charge is 2.46. The zero-order chi connectivity index (χ0) is 23.3. The van der Waals surface area contributed by atoms with Crippen molar-refractivity contribution in [2.45, 2.75) is 50.3 Å². The molecule has 6 heteroatoms. The van der Waals surface area contributed by atoms with Crippen LogP contribution < -0.4 is 0 Å². The van der Waals surface area contributed by atoms with Crippen LogP contribution in [0.1, 0.15) is 49.6 Å². The normalized spacial score (nSPS) is 21.2. The molecule has 1 saturated heterocycles. The fraction of sp³-hybridized carbons (Fsp3) is 0.370. The summed E-state index contributed by atoms with van der Waals surface area (Å²) in [5, 5.41) is 3.99. The van der Waals surface area contributed by atoms with Crippen LogP contribution in [0.4, 0.5) is 0 Å². The highest BCUT2D eigenvalue weighted by Crippen LogP contribution is 2.47. The van der Waals surface area contributed by atoms with Crippen LogP contribution in [0, 0.1) is 5.41 Å². The first-order valence-electron chi connectivity index (χ1n) is 11.5. The molecule has 1 atom stereocenters. The number of aromatic nitrogens is 1. The molecule has 1 unspecified atom stereocenters. The summed E-state index contributed by atoms with van der Waals surface area (Å²) >= 11 is 0. The molecule has 0 spiro atoms. The largest absolute Gasteiger partial charge is 0.357 e. The first-order chi connectivity index (χ1) is 15.7. The molecular formula is C27H30N2O3S. The Bertz CT molecular complexity index is 1290. The second-order valence-electron chi connectivity index (χ2n) is 10.4. The van der Waals surface area contributed by atoms with Crippen LogP contribution in [0.2, 0.25) is 0 Å². The van der Waals surface area contributed by atoms with E-state index in [2.05, 4.69) is 44.1 Å². The summed E-state index contributed by atoms with van der Waals surface area (Å²) < 4.78 is 34.5. The Labute approximate surface area is 196 Å². The number of nitrogens with zero attached hydrogens (tertiary/aromatic N) is 2. The quantitative estimate of drug-likeness (QED) is 0.532. The highest BCUT2D eigenvalue weighted by atomic mass is 32.2. The van der Waals surface area contributed by atoms with E-state index in [4.69, 9.17) is 4.52 Å². The van der Waals surface area contributed by atoms with Gasteiger partial charge in [-0.3, -0.25) is 0 Å². The van der Waals surface area contributed by atoms with E-state index in [0.717, 1.165) is 29.7 Å². The minimum absolute atomic E-state index is 0.0225. The average molecular weight is 463 g/mol. The number of sulfonamides is 1. The van der Waals surface area contributed by atoms with Gasteiger partial charge in [0.05, 0.1) is 11.1 Å². The lowest BCUT2D eigenvalue weighted by atomic mass is 9.66. The van der Waals surface area contributed by atoms with Crippen molar-refractivity contribution < 1.29 is 12.9 Å². The lowest BCUT2D eigenvalue weighted by Gasteiger charge is -2.46. The van der Waals surface area contributed by atoms with Gasteiger partial charge in [0.15, 0.2) is 5.76 Å². The maximum Gasteiger partial charge on any atom is 0.243 e. The summed E-state index contributed by atoms with van der Waals surface area (Å²) in [6.45, 7) is 7.30. The molecule has 0 radical (unpaired) electrons. The number of piperidine rings is 1. The molecule has 1 aliphatic heterocycles. The lowest BCUT2D eigenvalue weighted by molar-refractivity contribution is 0.208. The molecule has 1 fully saturated rings. The standard InChI is InChI=1S/C27H30N2O3S/c1-26(2,3)22-9-11-24(12-10-22)33(30,31)29-14-13-23-15-25-21(18-28-32-25)17-27(23,19-29)16-20-7-5-4-6-8-20/h4-12,15,18H,13-14,16-17,19H2,1-3H3. The van der Waals surface area contributed by atoms with E-state index < -0.39 is 10.0 Å². The Morgan fingerprint density at radius 2 is 1.79 bits per heavy atom. The minimum atomic E-state index is -3.60. The Hall–Kier alpha value is -2.70. The van der Waals surface area contributed by atoms with Gasteiger partial charge < -0.3 is 4.52 Å². The topological polar surface area (TPSA) is 63.4 Å². The summed E-state index contributed by atoms with van der Waals surface area (Å²) in [5.41, 5.74) is 4.30. The van der Waals surface area contributed by atoms with Crippen LogP contribution in [0.5, 0.6) is 0 Å². The molecule has 0 saturated carbocycles. The molecule has 0 amide bonds. The molecule has 0 bridgehead atoms. The molecule has 5 rings (SSSR count). The number of hydrogen-bond donors (Lipinski definition) is 0. The van der Waals surface area contributed by atoms with E-state index in [1.807, 2.05) is 30.3 Å². The van der Waals surface area contributed by atoms with Crippen molar-refractivity contribution in [3.63, 3.8) is 0 Å². The van der Waals surface area contributed by atoms with Crippen LogP contribution in [-0.4, -0.2) is 31.0 Å². The Morgan fingerprint density at radius 1 is 1.06 bits per heavy atom. The zero-order valence-electron chi connectivity index (χ0n) is 19.4. The SMILES string of the molecule is CC(C)(C)c1ccc(S(=O)(=O)N2CCC3=Cc4oncc4CC3(Cc3ccccc3)C2)cc1. The van der Waals surface area contributed by atoms with Gasteiger partial charge >= 0.3 is 0 Å². The van der Waals surface area contributed by atoms with E-state index in [1.54, 1.807) is 22.6 Å². The van der Waals surface area contributed by atoms with E-state index >= 15 is 0 Å². The van der Waals surface area contributed by atoms with Gasteiger partial charge in [0, 0.05) is 24.1 Å². The molecule has 1 aromatic heterocycles. The first-order valence-corrected chi connectivity index (χ1v) is 12.9. The third-order valence-electron chi connectivity index (χ3n) is 7.04. The van der Waals surface area contributed by atoms with Crippen molar-refractivity contribution in [3.05, 3.63) is 88.8 Å². The Balaban J connectivity index is 1.50. The van der Waals surface area contributed by atoms with Crippen molar-refractivity contribution in [1.82, 2.24) is 9.46 Å². The van der Waals surface area contributed by atoms with Crippen molar-refractivity contribution >= 4 is 16.1 Å². The Kier molecular flexibility index (Phi) is 5.33. The molecule has 0 N–H and O–H groups in total. The smallest absolute Gasteiger partial charge is 0.243 e. The van der Waals surface area contributed by atoms with Crippen LogP contribution in [-0.2, 0) is 28.3 Å². The number of fused-ring (bicyclic) bond motifs is 2. The van der Waals surface area contributed by atoms with E-state index in [1.165, 1.54) is 11.1 Å². The number of hydrogen-bond acceptors (Lipinski definition) is 4. The maximum absolute atomic E-state index is 13.7. The number of benzene rings is 2. The molecule has 3 aromatic rings. The number of rotatable bonds is 4. The van der Waals surface area contributed by atoms with Crippen molar-refractivity contribution in [1.29, 1.82) is 0 Å². The fourth-order valence-electron chi connectivity index (χ4n) is 5.17. The zero-order valence-corrected chi connectivity index (χ0v) is 20.2. The minimum Gasteiger partial charge on any atom is -0.357 e. The van der Waals surface area contributed by atoms with Gasteiger partial charge in [0.25, 0.3) is 0 Å². The van der Waals surface area contributed by atoms with Crippen LogP contribution in [0.3, 0.4) is 0 Å². The van der Waals surface area contributed by atoms with Crippen LogP contribution in [0.25, 0.3) is 6.08 Å². The van der Waals surface area contributed by atoms with E-state index in [9.17, 15) is 8.42 Å². The summed E-state index contributed by atoms with van der Waals surface area (Å²) in [6.07, 6.45) is 6.05. The van der Waals surface area contributed by atoms with Gasteiger partial charge in [-0.05, 0) is 54.0 Å². The molecule has 2 aliphatic rings. The van der Waals surface area contributed by atoms with Gasteiger partial charge in [-0.2, -0.15) is 4.31 Å². The first kappa shape index (κ1) is 22.1. The lowest BCUT2D eigenvalue weighted by Crippen LogP contribution is -2.50. The van der Waals surface area contributed by atoms with Gasteiger partial charge in [-0.25, -0.2) is 8.42 Å². The predicted molar refractivity (Wildman–Crippen MR) is 129 cm³/mol. The van der Waals surface area contributed by atoms with E-state index in [-0.39, 0.29) is 10.8 Å². The molecule has 33 heavy (non-hydrogen) atoms. The second kappa shape index (κ2) is 7.96. The summed E-state index contributed by atoms with van der Waals surface area (Å²) in [6, 6.07) is 17.7. The monoisotopic (exact) mass is 462 g/mol. The molecule has 5 nitrogen and oxygen atoms in total. The highest BCUT2D eigenvalue weighted by molar-refractivity contribution is 7.89. The second-order valence-corrected chi connectivity index (χ2v) is 12.3. The van der Waals surface area contributed by atoms with Crippen LogP contribution >= 0.6 is 0 Å². The van der Waals surface area contributed by atoms with E-state index in [0.29, 0.717) is 24.4 Å². The van der Waals surface area contributed by atoms with Crippen molar-refractivity contribution in [2.75, 3.05) is 13.1 Å². The third kappa shape index (κ3) is 4.06. The molecule has 2 heterocycles. The molecule has 1 aliphatic carbocycles. The third-order valence-corrected chi connectivity index (χ3v) is 8.90. The molecule has 172 valence electrons.